The number of carboxylic acid groups (broad SMARTS) is 1. The summed E-state index contributed by atoms with van der Waals surface area (Å²) in [7, 11) is 0. The summed E-state index contributed by atoms with van der Waals surface area (Å²) >= 11 is 5.08. The number of nitrogen functional groups attached to an aromatic ring is 1. The van der Waals surface area contributed by atoms with E-state index in [0.29, 0.717) is 20.8 Å². The van der Waals surface area contributed by atoms with E-state index >= 15 is 0 Å². The zero-order chi connectivity index (χ0) is 22.8. The van der Waals surface area contributed by atoms with Crippen molar-refractivity contribution in [3.05, 3.63) is 27.9 Å². The van der Waals surface area contributed by atoms with Crippen LogP contribution in [0.1, 0.15) is 5.69 Å². The van der Waals surface area contributed by atoms with Crippen LogP contribution in [0.3, 0.4) is 0 Å². The molecule has 0 saturated carbocycles. The first-order valence-corrected chi connectivity index (χ1v) is 12.6. The molecule has 1 fully saturated rings. The molecule has 2 amide bonds. The Bertz CT molecular complexity index is 1120. The highest BCUT2D eigenvalue weighted by atomic mass is 32.2. The molecule has 4 rings (SSSR count). The van der Waals surface area contributed by atoms with Gasteiger partial charge in [0.15, 0.2) is 10.8 Å². The van der Waals surface area contributed by atoms with Crippen molar-refractivity contribution in [2.45, 2.75) is 16.4 Å². The fraction of sp³-hybridized carbons (Fsp3) is 0.267. The molecule has 2 aromatic heterocycles. The normalized spacial score (nSPS) is 20.7. The molecule has 0 aliphatic carbocycles. The number of oxime groups is 1. The van der Waals surface area contributed by atoms with Crippen LogP contribution in [0.5, 0.6) is 0 Å². The maximum atomic E-state index is 12.7. The number of anilines is 1. The minimum Gasteiger partial charge on any atom is -0.477 e. The summed E-state index contributed by atoms with van der Waals surface area (Å²) in [5, 5.41) is 36.7. The van der Waals surface area contributed by atoms with Gasteiger partial charge in [0.1, 0.15) is 27.8 Å². The highest BCUT2D eigenvalue weighted by molar-refractivity contribution is 8.18. The Labute approximate surface area is 196 Å². The number of β-lactam (4-membered cyclic amide) rings is 1. The van der Waals surface area contributed by atoms with Crippen LogP contribution in [0.15, 0.2) is 32.4 Å². The molecule has 0 spiro atoms. The molecule has 17 heteroatoms. The number of nitrogens with zero attached hydrogens (tertiary/aromatic N) is 5. The van der Waals surface area contributed by atoms with Gasteiger partial charge in [-0.2, -0.15) is 10.3 Å². The van der Waals surface area contributed by atoms with E-state index < -0.39 is 29.2 Å². The first-order chi connectivity index (χ1) is 15.4. The SMILES string of the molecule is Nc1nc(C(=NO)C(=O)N[C@@H]2C(=O)N3C(C(=O)O)=C(SCSc4cn[nH]n4)CS[C@H]23)cs1. The Balaban J connectivity index is 1.44. The zero-order valence-electron chi connectivity index (χ0n) is 15.8. The molecule has 0 aromatic carbocycles. The van der Waals surface area contributed by atoms with Crippen molar-refractivity contribution in [1.29, 1.82) is 0 Å². The van der Waals surface area contributed by atoms with E-state index in [0.717, 1.165) is 11.3 Å². The molecule has 2 aliphatic heterocycles. The Hall–Kier alpha value is -2.76. The van der Waals surface area contributed by atoms with Crippen molar-refractivity contribution in [3.8, 4) is 0 Å². The van der Waals surface area contributed by atoms with Gasteiger partial charge in [-0.05, 0) is 0 Å². The van der Waals surface area contributed by atoms with E-state index in [1.807, 2.05) is 0 Å². The second kappa shape index (κ2) is 9.39. The van der Waals surface area contributed by atoms with Crippen molar-refractivity contribution in [1.82, 2.24) is 30.6 Å². The summed E-state index contributed by atoms with van der Waals surface area (Å²) in [5.74, 6) is -2.25. The van der Waals surface area contributed by atoms with Crippen LogP contribution in [0, 0.1) is 0 Å². The highest BCUT2D eigenvalue weighted by Crippen LogP contribution is 2.44. The van der Waals surface area contributed by atoms with Crippen molar-refractivity contribution < 1.29 is 24.7 Å². The number of thiazole rings is 1. The number of carbonyl (C=O) groups excluding carboxylic acids is 2. The lowest BCUT2D eigenvalue weighted by Gasteiger charge is -2.49. The van der Waals surface area contributed by atoms with Gasteiger partial charge in [-0.25, -0.2) is 9.78 Å². The topological polar surface area (TPSA) is 200 Å². The van der Waals surface area contributed by atoms with Crippen LogP contribution in [-0.2, 0) is 14.4 Å². The molecular formula is C15H14N8O5S4. The maximum Gasteiger partial charge on any atom is 0.353 e. The van der Waals surface area contributed by atoms with Crippen LogP contribution in [0.2, 0.25) is 0 Å². The van der Waals surface area contributed by atoms with Crippen LogP contribution < -0.4 is 11.1 Å². The number of carbonyl (C=O) groups is 3. The summed E-state index contributed by atoms with van der Waals surface area (Å²) in [6.07, 6.45) is 1.56. The molecule has 2 aliphatic rings. The standard InChI is InChI=1S/C15H14N8O5S4/c16-15-18-5(2-30-15)8(21-28)11(24)19-9-12(25)23-10(14(26)27)6(3-29-13(9)23)31-4-32-7-1-17-22-20-7/h1-2,9,13,28H,3-4H2,(H2,16,18)(H,19,24)(H,26,27)(H,17,20,22)/t9-,13-/m1/s1. The van der Waals surface area contributed by atoms with Gasteiger partial charge >= 0.3 is 5.97 Å². The molecule has 6 N–H and O–H groups in total. The van der Waals surface area contributed by atoms with E-state index in [2.05, 4.69) is 30.9 Å². The number of fused-ring (bicyclic) bond motifs is 1. The van der Waals surface area contributed by atoms with Crippen molar-refractivity contribution in [3.63, 3.8) is 0 Å². The molecule has 2 atom stereocenters. The average molecular weight is 515 g/mol. The van der Waals surface area contributed by atoms with Gasteiger partial charge in [0.25, 0.3) is 11.8 Å². The molecule has 0 unspecified atom stereocenters. The van der Waals surface area contributed by atoms with E-state index in [9.17, 15) is 24.7 Å². The predicted molar refractivity (Wildman–Crippen MR) is 119 cm³/mol. The summed E-state index contributed by atoms with van der Waals surface area (Å²) in [4.78, 5) is 42.8. The lowest BCUT2D eigenvalue weighted by molar-refractivity contribution is -0.150. The Morgan fingerprint density at radius 3 is 2.88 bits per heavy atom. The number of aliphatic carboxylic acids is 1. The summed E-state index contributed by atoms with van der Waals surface area (Å²) in [6.45, 7) is 0. The first-order valence-electron chi connectivity index (χ1n) is 8.67. The van der Waals surface area contributed by atoms with Gasteiger partial charge in [-0.1, -0.05) is 16.9 Å². The van der Waals surface area contributed by atoms with Gasteiger partial charge in [0.2, 0.25) is 0 Å². The number of thioether (sulfide) groups is 3. The number of carboxylic acids is 1. The minimum atomic E-state index is -1.22. The van der Waals surface area contributed by atoms with Crippen molar-refractivity contribution in [2.24, 2.45) is 5.16 Å². The largest absolute Gasteiger partial charge is 0.477 e. The molecule has 0 radical (unpaired) electrons. The number of rotatable bonds is 8. The number of aromatic nitrogens is 4. The van der Waals surface area contributed by atoms with E-state index in [1.54, 1.807) is 6.20 Å². The number of aromatic amines is 1. The fourth-order valence-electron chi connectivity index (χ4n) is 2.94. The third-order valence-corrected chi connectivity index (χ3v) is 8.59. The van der Waals surface area contributed by atoms with Crippen molar-refractivity contribution >= 4 is 75.2 Å². The Morgan fingerprint density at radius 2 is 2.25 bits per heavy atom. The van der Waals surface area contributed by atoms with Gasteiger partial charge in [-0.3, -0.25) is 14.5 Å². The Kier molecular flexibility index (Phi) is 6.58. The number of hydrogen-bond donors (Lipinski definition) is 5. The lowest BCUT2D eigenvalue weighted by Crippen LogP contribution is -2.71. The quantitative estimate of drug-likeness (QED) is 0.0801. The maximum absolute atomic E-state index is 12.7. The predicted octanol–water partition coefficient (Wildman–Crippen LogP) is 0.201. The van der Waals surface area contributed by atoms with Crippen LogP contribution in [0.25, 0.3) is 0 Å². The Morgan fingerprint density at radius 1 is 1.44 bits per heavy atom. The molecule has 2 aromatic rings. The molecule has 0 bridgehead atoms. The zero-order valence-corrected chi connectivity index (χ0v) is 19.1. The monoisotopic (exact) mass is 514 g/mol. The molecule has 1 saturated heterocycles. The van der Waals surface area contributed by atoms with Gasteiger partial charge in [0, 0.05) is 16.0 Å². The minimum absolute atomic E-state index is 0.0712. The fourth-order valence-corrected chi connectivity index (χ4v) is 7.06. The second-order valence-corrected chi connectivity index (χ2v) is 10.6. The highest BCUT2D eigenvalue weighted by Gasteiger charge is 2.54. The van der Waals surface area contributed by atoms with E-state index in [-0.39, 0.29) is 22.2 Å². The van der Waals surface area contributed by atoms with E-state index in [1.165, 1.54) is 45.6 Å². The smallest absolute Gasteiger partial charge is 0.353 e. The number of H-pyrrole nitrogens is 1. The number of nitrogens with one attached hydrogen (secondary N) is 2. The third-order valence-electron chi connectivity index (χ3n) is 4.34. The number of amides is 2. The van der Waals surface area contributed by atoms with Crippen LogP contribution >= 0.6 is 46.6 Å². The second-order valence-electron chi connectivity index (χ2n) is 6.17. The summed E-state index contributed by atoms with van der Waals surface area (Å²) < 4.78 is 0. The number of hydrogen-bond acceptors (Lipinski definition) is 13. The first kappa shape index (κ1) is 22.4. The molecular weight excluding hydrogens is 500 g/mol. The molecule has 168 valence electrons. The van der Waals surface area contributed by atoms with Gasteiger partial charge in [0.05, 0.1) is 11.3 Å². The number of nitrogens with two attached hydrogens (primary N) is 1. The third kappa shape index (κ3) is 4.27. The van der Waals surface area contributed by atoms with Gasteiger partial charge < -0.3 is 21.4 Å². The molecule has 13 nitrogen and oxygen atoms in total. The summed E-state index contributed by atoms with van der Waals surface area (Å²) in [5.41, 5.74) is 5.12. The lowest BCUT2D eigenvalue weighted by atomic mass is 10.0. The van der Waals surface area contributed by atoms with Crippen LogP contribution in [-0.4, -0.2) is 81.4 Å². The molecule has 4 heterocycles. The summed E-state index contributed by atoms with van der Waals surface area (Å²) in [6, 6.07) is -0.967. The molecule has 32 heavy (non-hydrogen) atoms. The van der Waals surface area contributed by atoms with E-state index in [4.69, 9.17) is 5.73 Å². The average Bonchev–Trinajstić information content (AvgIpc) is 3.44. The van der Waals surface area contributed by atoms with Crippen LogP contribution in [0.4, 0.5) is 5.13 Å². The van der Waals surface area contributed by atoms with Gasteiger partial charge in [-0.15, -0.1) is 40.0 Å². The van der Waals surface area contributed by atoms with Crippen molar-refractivity contribution in [2.75, 3.05) is 16.6 Å².